The number of nitrogens with one attached hydrogen (secondary N) is 1. The minimum absolute atomic E-state index is 0.0547. The van der Waals surface area contributed by atoms with Crippen LogP contribution in [0.4, 0.5) is 5.69 Å². The highest BCUT2D eigenvalue weighted by Gasteiger charge is 2.24. The summed E-state index contributed by atoms with van der Waals surface area (Å²) in [6.45, 7) is 4.02. The van der Waals surface area contributed by atoms with Crippen LogP contribution in [0, 0.1) is 0 Å². The predicted molar refractivity (Wildman–Crippen MR) is 115 cm³/mol. The van der Waals surface area contributed by atoms with E-state index in [-0.39, 0.29) is 17.9 Å². The Morgan fingerprint density at radius 3 is 2.48 bits per heavy atom. The van der Waals surface area contributed by atoms with Gasteiger partial charge < -0.3 is 15.0 Å². The summed E-state index contributed by atoms with van der Waals surface area (Å²) in [6.07, 6.45) is 7.30. The van der Waals surface area contributed by atoms with Gasteiger partial charge in [-0.1, -0.05) is 44.1 Å². The van der Waals surface area contributed by atoms with Crippen molar-refractivity contribution >= 4 is 17.5 Å². The van der Waals surface area contributed by atoms with E-state index in [9.17, 15) is 9.59 Å². The van der Waals surface area contributed by atoms with Crippen LogP contribution in [0.3, 0.4) is 0 Å². The van der Waals surface area contributed by atoms with E-state index in [4.69, 9.17) is 4.74 Å². The lowest BCUT2D eigenvalue weighted by Crippen LogP contribution is -2.38. The van der Waals surface area contributed by atoms with Crippen molar-refractivity contribution in [3.63, 3.8) is 0 Å². The Balaban J connectivity index is 1.72. The fourth-order valence-electron chi connectivity index (χ4n) is 3.65. The van der Waals surface area contributed by atoms with Gasteiger partial charge in [0.2, 0.25) is 0 Å². The fraction of sp³-hybridized carbons (Fsp3) is 0.333. The van der Waals surface area contributed by atoms with Crippen molar-refractivity contribution in [2.24, 2.45) is 0 Å². The quantitative estimate of drug-likeness (QED) is 0.681. The molecule has 2 amide bonds. The summed E-state index contributed by atoms with van der Waals surface area (Å²) >= 11 is 0. The molecular weight excluding hydrogens is 364 g/mol. The maximum atomic E-state index is 13.1. The molecule has 2 aromatic carbocycles. The average molecular weight is 392 g/mol. The molecule has 5 heteroatoms. The second-order valence-corrected chi connectivity index (χ2v) is 7.33. The molecule has 1 saturated carbocycles. The largest absolute Gasteiger partial charge is 0.490 e. The number of rotatable bonds is 7. The third-order valence-corrected chi connectivity index (χ3v) is 5.33. The van der Waals surface area contributed by atoms with E-state index in [2.05, 4.69) is 11.9 Å². The molecule has 0 radical (unpaired) electrons. The number of anilines is 1. The smallest absolute Gasteiger partial charge is 0.255 e. The summed E-state index contributed by atoms with van der Waals surface area (Å²) < 4.78 is 5.44. The van der Waals surface area contributed by atoms with Gasteiger partial charge in [0, 0.05) is 18.7 Å². The van der Waals surface area contributed by atoms with Gasteiger partial charge in [-0.05, 0) is 49.2 Å². The van der Waals surface area contributed by atoms with Crippen LogP contribution in [0.1, 0.15) is 52.8 Å². The summed E-state index contributed by atoms with van der Waals surface area (Å²) in [5.41, 5.74) is 1.54. The summed E-state index contributed by atoms with van der Waals surface area (Å²) in [7, 11) is 1.86. The zero-order chi connectivity index (χ0) is 20.6. The van der Waals surface area contributed by atoms with Crippen molar-refractivity contribution in [1.82, 2.24) is 4.90 Å². The Labute approximate surface area is 172 Å². The van der Waals surface area contributed by atoms with Gasteiger partial charge >= 0.3 is 0 Å². The minimum Gasteiger partial charge on any atom is -0.490 e. The first-order chi connectivity index (χ1) is 14.1. The van der Waals surface area contributed by atoms with Gasteiger partial charge in [0.05, 0.1) is 11.3 Å². The lowest BCUT2D eigenvalue weighted by molar-refractivity contribution is 0.0697. The standard InChI is InChI=1S/C24H28N2O3/c1-3-17-29-20-15-13-18(14-16-20)23(27)25-22-12-8-7-11-21(22)24(28)26(2)19-9-5-4-6-10-19/h3,7-8,11-16,19H,1,4-6,9-10,17H2,2H3,(H,25,27). The average Bonchev–Trinajstić information content (AvgIpc) is 2.78. The third-order valence-electron chi connectivity index (χ3n) is 5.33. The van der Waals surface area contributed by atoms with E-state index in [0.717, 1.165) is 25.7 Å². The Morgan fingerprint density at radius 2 is 1.79 bits per heavy atom. The zero-order valence-corrected chi connectivity index (χ0v) is 16.9. The summed E-state index contributed by atoms with van der Waals surface area (Å²) in [4.78, 5) is 27.6. The highest BCUT2D eigenvalue weighted by Crippen LogP contribution is 2.25. The molecule has 1 N–H and O–H groups in total. The second kappa shape index (κ2) is 9.92. The number of hydrogen-bond donors (Lipinski definition) is 1. The number of nitrogens with zero attached hydrogens (tertiary/aromatic N) is 1. The van der Waals surface area contributed by atoms with Gasteiger partial charge in [-0.25, -0.2) is 0 Å². The molecule has 0 aliphatic heterocycles. The van der Waals surface area contributed by atoms with Gasteiger partial charge in [-0.2, -0.15) is 0 Å². The molecule has 3 rings (SSSR count). The number of benzene rings is 2. The van der Waals surface area contributed by atoms with E-state index >= 15 is 0 Å². The van der Waals surface area contributed by atoms with Gasteiger partial charge in [0.25, 0.3) is 11.8 Å². The highest BCUT2D eigenvalue weighted by molar-refractivity contribution is 6.09. The molecule has 1 aliphatic rings. The molecule has 0 saturated heterocycles. The van der Waals surface area contributed by atoms with Gasteiger partial charge in [-0.15, -0.1) is 0 Å². The van der Waals surface area contributed by atoms with Crippen molar-refractivity contribution in [3.05, 3.63) is 72.3 Å². The van der Waals surface area contributed by atoms with E-state index in [1.165, 1.54) is 6.42 Å². The summed E-state index contributed by atoms with van der Waals surface area (Å²) in [5, 5.41) is 2.88. The van der Waals surface area contributed by atoms with E-state index in [1.807, 2.05) is 24.1 Å². The molecule has 0 heterocycles. The third kappa shape index (κ3) is 5.25. The Morgan fingerprint density at radius 1 is 1.10 bits per heavy atom. The van der Waals surface area contributed by atoms with Crippen LogP contribution in [0.25, 0.3) is 0 Å². The van der Waals surface area contributed by atoms with Crippen molar-refractivity contribution in [1.29, 1.82) is 0 Å². The molecule has 2 aromatic rings. The lowest BCUT2D eigenvalue weighted by Gasteiger charge is -2.31. The van der Waals surface area contributed by atoms with E-state index in [0.29, 0.717) is 29.2 Å². The molecule has 5 nitrogen and oxygen atoms in total. The van der Waals surface area contributed by atoms with Crippen molar-refractivity contribution in [2.45, 2.75) is 38.1 Å². The second-order valence-electron chi connectivity index (χ2n) is 7.33. The molecule has 0 spiro atoms. The molecule has 0 atom stereocenters. The first kappa shape index (κ1) is 20.6. The van der Waals surface area contributed by atoms with Gasteiger partial charge in [-0.3, -0.25) is 9.59 Å². The van der Waals surface area contributed by atoms with Crippen molar-refractivity contribution < 1.29 is 14.3 Å². The normalized spacial score (nSPS) is 14.1. The van der Waals surface area contributed by atoms with Gasteiger partial charge in [0.1, 0.15) is 12.4 Å². The molecular formula is C24H28N2O3. The number of ether oxygens (including phenoxy) is 1. The first-order valence-electron chi connectivity index (χ1n) is 10.1. The fourth-order valence-corrected chi connectivity index (χ4v) is 3.65. The van der Waals surface area contributed by atoms with Crippen molar-refractivity contribution in [2.75, 3.05) is 19.0 Å². The van der Waals surface area contributed by atoms with Crippen LogP contribution < -0.4 is 10.1 Å². The molecule has 152 valence electrons. The van der Waals surface area contributed by atoms with E-state index in [1.54, 1.807) is 42.5 Å². The maximum absolute atomic E-state index is 13.1. The van der Waals surface area contributed by atoms with Crippen LogP contribution in [-0.2, 0) is 0 Å². The topological polar surface area (TPSA) is 58.6 Å². The first-order valence-corrected chi connectivity index (χ1v) is 10.1. The number of hydrogen-bond acceptors (Lipinski definition) is 3. The Bertz CT molecular complexity index is 855. The molecule has 0 unspecified atom stereocenters. The number of amides is 2. The molecule has 1 aliphatic carbocycles. The number of carbonyl (C=O) groups excluding carboxylic acids is 2. The van der Waals surface area contributed by atoms with Crippen molar-refractivity contribution in [3.8, 4) is 5.75 Å². The number of carbonyl (C=O) groups is 2. The summed E-state index contributed by atoms with van der Waals surface area (Å²) in [5.74, 6) is 0.355. The molecule has 0 bridgehead atoms. The SMILES string of the molecule is C=CCOc1ccc(C(=O)Nc2ccccc2C(=O)N(C)C2CCCCC2)cc1. The molecule has 29 heavy (non-hydrogen) atoms. The molecule has 0 aromatic heterocycles. The molecule has 1 fully saturated rings. The van der Waals surface area contributed by atoms with Crippen LogP contribution in [0.15, 0.2) is 61.2 Å². The monoisotopic (exact) mass is 392 g/mol. The van der Waals surface area contributed by atoms with Gasteiger partial charge in [0.15, 0.2) is 0 Å². The van der Waals surface area contributed by atoms with E-state index < -0.39 is 0 Å². The Hall–Kier alpha value is -3.08. The zero-order valence-electron chi connectivity index (χ0n) is 16.9. The minimum atomic E-state index is -0.263. The predicted octanol–water partition coefficient (Wildman–Crippen LogP) is 4.91. The highest BCUT2D eigenvalue weighted by atomic mass is 16.5. The number of para-hydroxylation sites is 1. The van der Waals surface area contributed by atoms with Crippen LogP contribution in [0.2, 0.25) is 0 Å². The van der Waals surface area contributed by atoms with Crippen LogP contribution >= 0.6 is 0 Å². The maximum Gasteiger partial charge on any atom is 0.255 e. The summed E-state index contributed by atoms with van der Waals surface area (Å²) in [6, 6.07) is 14.3. The Kier molecular flexibility index (Phi) is 7.06. The van der Waals surface area contributed by atoms with Crippen LogP contribution in [0.5, 0.6) is 5.75 Å². The van der Waals surface area contributed by atoms with Crippen LogP contribution in [-0.4, -0.2) is 36.4 Å². The lowest BCUT2D eigenvalue weighted by atomic mass is 9.94.